The van der Waals surface area contributed by atoms with Crippen LogP contribution in [-0.2, 0) is 10.0 Å². The van der Waals surface area contributed by atoms with Crippen molar-refractivity contribution in [2.45, 2.75) is 17.9 Å². The van der Waals surface area contributed by atoms with Gasteiger partial charge in [-0.3, -0.25) is 0 Å². The third-order valence-corrected chi connectivity index (χ3v) is 5.74. The number of benzene rings is 1. The minimum atomic E-state index is -3.52. The van der Waals surface area contributed by atoms with Crippen molar-refractivity contribution in [3.63, 3.8) is 0 Å². The van der Waals surface area contributed by atoms with Crippen LogP contribution in [0, 0.1) is 0 Å². The van der Waals surface area contributed by atoms with Gasteiger partial charge in [0.25, 0.3) is 0 Å². The van der Waals surface area contributed by atoms with E-state index in [0.717, 1.165) is 13.1 Å². The van der Waals surface area contributed by atoms with Crippen molar-refractivity contribution in [2.75, 3.05) is 40.9 Å². The molecule has 0 aromatic heterocycles. The van der Waals surface area contributed by atoms with Gasteiger partial charge in [0.1, 0.15) is 0 Å². The highest BCUT2D eigenvalue weighted by Gasteiger charge is 2.33. The molecule has 1 aliphatic rings. The second-order valence-corrected chi connectivity index (χ2v) is 7.13. The van der Waals surface area contributed by atoms with E-state index in [4.69, 9.17) is 9.47 Å². The average molecular weight is 314 g/mol. The molecule has 0 spiro atoms. The van der Waals surface area contributed by atoms with Crippen molar-refractivity contribution >= 4 is 10.0 Å². The molecule has 0 aliphatic carbocycles. The van der Waals surface area contributed by atoms with Crippen LogP contribution in [-0.4, -0.2) is 64.6 Å². The monoisotopic (exact) mass is 314 g/mol. The van der Waals surface area contributed by atoms with E-state index in [1.807, 2.05) is 14.0 Å². The van der Waals surface area contributed by atoms with E-state index in [0.29, 0.717) is 18.0 Å². The highest BCUT2D eigenvalue weighted by atomic mass is 32.2. The number of nitrogens with zero attached hydrogens (tertiary/aromatic N) is 2. The molecule has 1 aromatic carbocycles. The van der Waals surface area contributed by atoms with Crippen molar-refractivity contribution in [1.82, 2.24) is 9.21 Å². The maximum atomic E-state index is 12.8. The molecule has 1 aliphatic heterocycles. The molecular formula is C14H22N2O4S. The van der Waals surface area contributed by atoms with Crippen molar-refractivity contribution in [3.05, 3.63) is 18.2 Å². The number of hydrogen-bond donors (Lipinski definition) is 0. The lowest BCUT2D eigenvalue weighted by molar-refractivity contribution is 0.170. The molecule has 0 radical (unpaired) electrons. The molecule has 118 valence electrons. The SMILES string of the molecule is COc1ccc(S(=O)(=O)N2CCN(C)CC2C)cc1OC. The number of likely N-dealkylation sites (N-methyl/N-ethyl adjacent to an activating group) is 1. The largest absolute Gasteiger partial charge is 0.493 e. The summed E-state index contributed by atoms with van der Waals surface area (Å²) in [6.07, 6.45) is 0. The number of rotatable bonds is 4. The second-order valence-electron chi connectivity index (χ2n) is 5.24. The molecule has 1 atom stereocenters. The molecule has 1 aromatic rings. The lowest BCUT2D eigenvalue weighted by atomic mass is 10.2. The lowest BCUT2D eigenvalue weighted by Gasteiger charge is -2.37. The normalized spacial score (nSPS) is 21.2. The third kappa shape index (κ3) is 3.14. The van der Waals surface area contributed by atoms with Crippen LogP contribution in [0.4, 0.5) is 0 Å². The molecule has 0 bridgehead atoms. The minimum absolute atomic E-state index is 0.0538. The first-order valence-electron chi connectivity index (χ1n) is 6.82. The van der Waals surface area contributed by atoms with Crippen LogP contribution in [0.1, 0.15) is 6.92 Å². The summed E-state index contributed by atoms with van der Waals surface area (Å²) in [5, 5.41) is 0. The number of sulfonamides is 1. The van der Waals surface area contributed by atoms with Crippen LogP contribution >= 0.6 is 0 Å². The molecule has 0 saturated carbocycles. The highest BCUT2D eigenvalue weighted by Crippen LogP contribution is 2.31. The van der Waals surface area contributed by atoms with E-state index in [1.54, 1.807) is 16.4 Å². The Balaban J connectivity index is 2.35. The van der Waals surface area contributed by atoms with Crippen LogP contribution < -0.4 is 9.47 Å². The summed E-state index contributed by atoms with van der Waals surface area (Å²) in [5.74, 6) is 0.934. The van der Waals surface area contributed by atoms with Gasteiger partial charge in [-0.15, -0.1) is 0 Å². The van der Waals surface area contributed by atoms with E-state index in [-0.39, 0.29) is 10.9 Å². The third-order valence-electron chi connectivity index (χ3n) is 3.73. The zero-order chi connectivity index (χ0) is 15.6. The van der Waals surface area contributed by atoms with Gasteiger partial charge in [0.2, 0.25) is 10.0 Å². The van der Waals surface area contributed by atoms with Crippen LogP contribution in [0.5, 0.6) is 11.5 Å². The maximum Gasteiger partial charge on any atom is 0.243 e. The standard InChI is InChI=1S/C14H22N2O4S/c1-11-10-15(2)7-8-16(11)21(17,18)12-5-6-13(19-3)14(9-12)20-4/h5-6,9,11H,7-8,10H2,1-4H3. The van der Waals surface area contributed by atoms with Crippen LogP contribution in [0.25, 0.3) is 0 Å². The Morgan fingerprint density at radius 3 is 2.38 bits per heavy atom. The summed E-state index contributed by atoms with van der Waals surface area (Å²) in [5.41, 5.74) is 0. The van der Waals surface area contributed by atoms with Crippen molar-refractivity contribution in [1.29, 1.82) is 0 Å². The molecule has 21 heavy (non-hydrogen) atoms. The van der Waals surface area contributed by atoms with Crippen molar-refractivity contribution < 1.29 is 17.9 Å². The Bertz CT molecular complexity index is 603. The summed E-state index contributed by atoms with van der Waals surface area (Å²) in [6, 6.07) is 4.63. The Morgan fingerprint density at radius 1 is 1.14 bits per heavy atom. The molecule has 1 saturated heterocycles. The number of piperazine rings is 1. The topological polar surface area (TPSA) is 59.1 Å². The van der Waals surface area contributed by atoms with E-state index < -0.39 is 10.0 Å². The molecule has 2 rings (SSSR count). The fourth-order valence-corrected chi connectivity index (χ4v) is 4.22. The molecule has 1 unspecified atom stereocenters. The molecule has 0 amide bonds. The average Bonchev–Trinajstić information content (AvgIpc) is 2.46. The predicted molar refractivity (Wildman–Crippen MR) is 80.4 cm³/mol. The highest BCUT2D eigenvalue weighted by molar-refractivity contribution is 7.89. The van der Waals surface area contributed by atoms with E-state index in [9.17, 15) is 8.42 Å². The number of ether oxygens (including phenoxy) is 2. The van der Waals surface area contributed by atoms with Gasteiger partial charge in [-0.2, -0.15) is 4.31 Å². The zero-order valence-corrected chi connectivity index (χ0v) is 13.7. The first kappa shape index (κ1) is 16.1. The summed E-state index contributed by atoms with van der Waals surface area (Å²) in [6.45, 7) is 3.88. The summed E-state index contributed by atoms with van der Waals surface area (Å²) < 4.78 is 37.4. The fourth-order valence-electron chi connectivity index (χ4n) is 2.59. The molecular weight excluding hydrogens is 292 g/mol. The van der Waals surface area contributed by atoms with Crippen molar-refractivity contribution in [2.24, 2.45) is 0 Å². The van der Waals surface area contributed by atoms with E-state index >= 15 is 0 Å². The van der Waals surface area contributed by atoms with Gasteiger partial charge in [-0.1, -0.05) is 0 Å². The van der Waals surface area contributed by atoms with Gasteiger partial charge in [-0.05, 0) is 26.1 Å². The zero-order valence-electron chi connectivity index (χ0n) is 12.9. The molecule has 7 heteroatoms. The number of methoxy groups -OCH3 is 2. The Hall–Kier alpha value is -1.31. The Labute approximate surface area is 126 Å². The predicted octanol–water partition coefficient (Wildman–Crippen LogP) is 1.03. The molecule has 6 nitrogen and oxygen atoms in total. The first-order valence-corrected chi connectivity index (χ1v) is 8.26. The van der Waals surface area contributed by atoms with Gasteiger partial charge < -0.3 is 14.4 Å². The van der Waals surface area contributed by atoms with Crippen LogP contribution in [0.2, 0.25) is 0 Å². The Morgan fingerprint density at radius 2 is 1.81 bits per heavy atom. The van der Waals surface area contributed by atoms with E-state index in [1.165, 1.54) is 20.3 Å². The van der Waals surface area contributed by atoms with E-state index in [2.05, 4.69) is 4.90 Å². The molecule has 1 fully saturated rings. The van der Waals surface area contributed by atoms with Gasteiger partial charge in [0.05, 0.1) is 19.1 Å². The number of hydrogen-bond acceptors (Lipinski definition) is 5. The lowest BCUT2D eigenvalue weighted by Crippen LogP contribution is -2.52. The van der Waals surface area contributed by atoms with Gasteiger partial charge in [-0.25, -0.2) is 8.42 Å². The summed E-state index contributed by atoms with van der Waals surface area (Å²) in [7, 11) is 1.49. The quantitative estimate of drug-likeness (QED) is 0.831. The van der Waals surface area contributed by atoms with Crippen LogP contribution in [0.15, 0.2) is 23.1 Å². The summed E-state index contributed by atoms with van der Waals surface area (Å²) >= 11 is 0. The maximum absolute atomic E-state index is 12.8. The van der Waals surface area contributed by atoms with Gasteiger partial charge in [0, 0.05) is 31.7 Å². The van der Waals surface area contributed by atoms with Gasteiger partial charge in [0.15, 0.2) is 11.5 Å². The smallest absolute Gasteiger partial charge is 0.243 e. The first-order chi connectivity index (χ1) is 9.90. The minimum Gasteiger partial charge on any atom is -0.493 e. The van der Waals surface area contributed by atoms with Gasteiger partial charge >= 0.3 is 0 Å². The molecule has 0 N–H and O–H groups in total. The van der Waals surface area contributed by atoms with Crippen molar-refractivity contribution in [3.8, 4) is 11.5 Å². The van der Waals surface area contributed by atoms with Crippen LogP contribution in [0.3, 0.4) is 0 Å². The summed E-state index contributed by atoms with van der Waals surface area (Å²) in [4.78, 5) is 2.36. The second kappa shape index (κ2) is 6.21. The Kier molecular flexibility index (Phi) is 4.75. The fraction of sp³-hybridized carbons (Fsp3) is 0.571. The molecule has 1 heterocycles.